The second kappa shape index (κ2) is 7.90. The van der Waals surface area contributed by atoms with Crippen LogP contribution < -0.4 is 5.32 Å². The van der Waals surface area contributed by atoms with Crippen molar-refractivity contribution in [3.05, 3.63) is 0 Å². The highest BCUT2D eigenvalue weighted by molar-refractivity contribution is 5.85. The van der Waals surface area contributed by atoms with Crippen LogP contribution in [0.5, 0.6) is 0 Å². The lowest BCUT2D eigenvalue weighted by molar-refractivity contribution is -0.147. The minimum Gasteiger partial charge on any atom is -0.465 e. The fourth-order valence-electron chi connectivity index (χ4n) is 2.97. The van der Waals surface area contributed by atoms with Crippen molar-refractivity contribution in [2.75, 3.05) is 13.2 Å². The number of carbonyl (C=O) groups excluding carboxylic acids is 1. The molecule has 102 valence electrons. The zero-order chi connectivity index (χ0) is 10.7. The number of halogens is 1. The summed E-state index contributed by atoms with van der Waals surface area (Å²) in [5.74, 6) is 1.51. The van der Waals surface area contributed by atoms with Crippen molar-refractivity contribution in [1.29, 1.82) is 0 Å². The number of ether oxygens (including phenoxy) is 1. The first kappa shape index (κ1) is 16.7. The standard InChI is InChI=1S/C12H21NO2.ClH.H2O/c1-2-15-12(14)11-7-9-5-3-4-6-10(9)8-13-11;;/h9-11,13H,2-8H2,1H3;1H;1H2. The molecule has 0 bridgehead atoms. The van der Waals surface area contributed by atoms with Gasteiger partial charge in [0.15, 0.2) is 0 Å². The molecule has 3 N–H and O–H groups in total. The predicted molar refractivity (Wildman–Crippen MR) is 69.4 cm³/mol. The molecule has 2 rings (SSSR count). The molecule has 4 nitrogen and oxygen atoms in total. The first-order valence-electron chi connectivity index (χ1n) is 6.21. The quantitative estimate of drug-likeness (QED) is 0.766. The number of fused-ring (bicyclic) bond motifs is 1. The topological polar surface area (TPSA) is 69.8 Å². The number of hydrogen-bond donors (Lipinski definition) is 1. The Labute approximate surface area is 109 Å². The SMILES string of the molecule is CCOC(=O)C1CC2CCCCC2CN1.Cl.O. The number of carbonyl (C=O) groups is 1. The van der Waals surface area contributed by atoms with E-state index < -0.39 is 0 Å². The summed E-state index contributed by atoms with van der Waals surface area (Å²) in [6.45, 7) is 3.36. The van der Waals surface area contributed by atoms with E-state index >= 15 is 0 Å². The highest BCUT2D eigenvalue weighted by Crippen LogP contribution is 2.35. The largest absolute Gasteiger partial charge is 0.465 e. The highest BCUT2D eigenvalue weighted by Gasteiger charge is 2.35. The molecule has 5 heteroatoms. The van der Waals surface area contributed by atoms with Gasteiger partial charge in [0.1, 0.15) is 6.04 Å². The maximum absolute atomic E-state index is 11.6. The van der Waals surface area contributed by atoms with Gasteiger partial charge in [0.05, 0.1) is 6.61 Å². The molecule has 2 fully saturated rings. The van der Waals surface area contributed by atoms with Crippen LogP contribution in [-0.2, 0) is 9.53 Å². The Kier molecular flexibility index (Phi) is 7.75. The Hall–Kier alpha value is -0.320. The molecule has 0 aromatic rings. The monoisotopic (exact) mass is 265 g/mol. The summed E-state index contributed by atoms with van der Waals surface area (Å²) in [6.07, 6.45) is 6.35. The van der Waals surface area contributed by atoms with E-state index in [1.54, 1.807) is 0 Å². The molecular weight excluding hydrogens is 242 g/mol. The van der Waals surface area contributed by atoms with Crippen LogP contribution >= 0.6 is 12.4 Å². The normalized spacial score (nSPS) is 31.5. The molecule has 2 aliphatic rings. The fourth-order valence-corrected chi connectivity index (χ4v) is 2.97. The van der Waals surface area contributed by atoms with Crippen LogP contribution in [0.15, 0.2) is 0 Å². The predicted octanol–water partition coefficient (Wildman–Crippen LogP) is 1.31. The lowest BCUT2D eigenvalue weighted by Gasteiger charge is -2.39. The van der Waals surface area contributed by atoms with Crippen LogP contribution in [0.25, 0.3) is 0 Å². The number of nitrogens with one attached hydrogen (secondary N) is 1. The molecular formula is C12H24ClNO3. The molecule has 0 aromatic carbocycles. The first-order chi connectivity index (χ1) is 7.31. The van der Waals surface area contributed by atoms with Gasteiger partial charge < -0.3 is 15.5 Å². The van der Waals surface area contributed by atoms with Gasteiger partial charge in [-0.05, 0) is 38.1 Å². The third-order valence-corrected chi connectivity index (χ3v) is 3.80. The summed E-state index contributed by atoms with van der Waals surface area (Å²) in [4.78, 5) is 11.6. The van der Waals surface area contributed by atoms with Gasteiger partial charge in [0, 0.05) is 0 Å². The van der Waals surface area contributed by atoms with Crippen molar-refractivity contribution < 1.29 is 15.0 Å². The highest BCUT2D eigenvalue weighted by atomic mass is 35.5. The summed E-state index contributed by atoms with van der Waals surface area (Å²) >= 11 is 0. The van der Waals surface area contributed by atoms with Gasteiger partial charge in [-0.25, -0.2) is 0 Å². The minimum atomic E-state index is -0.0541. The first-order valence-corrected chi connectivity index (χ1v) is 6.21. The second-order valence-electron chi connectivity index (χ2n) is 4.75. The molecule has 0 spiro atoms. The van der Waals surface area contributed by atoms with Crippen LogP contribution in [-0.4, -0.2) is 30.6 Å². The Morgan fingerprint density at radius 2 is 1.94 bits per heavy atom. The molecule has 0 aromatic heterocycles. The van der Waals surface area contributed by atoms with Gasteiger partial charge in [-0.2, -0.15) is 0 Å². The summed E-state index contributed by atoms with van der Waals surface area (Å²) in [5, 5.41) is 3.33. The van der Waals surface area contributed by atoms with Crippen molar-refractivity contribution >= 4 is 18.4 Å². The molecule has 1 saturated carbocycles. The van der Waals surface area contributed by atoms with Crippen molar-refractivity contribution in [1.82, 2.24) is 5.32 Å². The van der Waals surface area contributed by atoms with Gasteiger partial charge in [0.25, 0.3) is 0 Å². The minimum absolute atomic E-state index is 0. The molecule has 1 heterocycles. The van der Waals surface area contributed by atoms with Crippen LogP contribution in [0, 0.1) is 11.8 Å². The molecule has 1 aliphatic heterocycles. The van der Waals surface area contributed by atoms with Gasteiger partial charge in [-0.3, -0.25) is 4.79 Å². The number of piperidine rings is 1. The lowest BCUT2D eigenvalue weighted by Crippen LogP contribution is -2.49. The van der Waals surface area contributed by atoms with E-state index in [0.29, 0.717) is 6.61 Å². The van der Waals surface area contributed by atoms with Crippen LogP contribution in [0.2, 0.25) is 0 Å². The smallest absolute Gasteiger partial charge is 0.323 e. The second-order valence-corrected chi connectivity index (χ2v) is 4.75. The average molecular weight is 266 g/mol. The Morgan fingerprint density at radius 1 is 1.29 bits per heavy atom. The molecule has 0 radical (unpaired) electrons. The van der Waals surface area contributed by atoms with E-state index in [4.69, 9.17) is 4.74 Å². The van der Waals surface area contributed by atoms with E-state index in [9.17, 15) is 4.79 Å². The van der Waals surface area contributed by atoms with Crippen LogP contribution in [0.3, 0.4) is 0 Å². The molecule has 0 amide bonds. The number of hydrogen-bond acceptors (Lipinski definition) is 3. The maximum atomic E-state index is 11.6. The van der Waals surface area contributed by atoms with Gasteiger partial charge in [0.2, 0.25) is 0 Å². The van der Waals surface area contributed by atoms with Crippen LogP contribution in [0.4, 0.5) is 0 Å². The van der Waals surface area contributed by atoms with Gasteiger partial charge >= 0.3 is 5.97 Å². The summed E-state index contributed by atoms with van der Waals surface area (Å²) in [6, 6.07) is -0.0377. The van der Waals surface area contributed by atoms with Gasteiger partial charge in [-0.15, -0.1) is 12.4 Å². The zero-order valence-electron chi connectivity index (χ0n) is 10.4. The number of rotatable bonds is 2. The molecule has 3 unspecified atom stereocenters. The third kappa shape index (κ3) is 4.12. The van der Waals surface area contributed by atoms with E-state index in [1.807, 2.05) is 6.92 Å². The summed E-state index contributed by atoms with van der Waals surface area (Å²) in [5.41, 5.74) is 0. The summed E-state index contributed by atoms with van der Waals surface area (Å²) in [7, 11) is 0. The van der Waals surface area contributed by atoms with E-state index in [0.717, 1.165) is 24.8 Å². The lowest BCUT2D eigenvalue weighted by atomic mass is 9.74. The maximum Gasteiger partial charge on any atom is 0.323 e. The van der Waals surface area contributed by atoms with E-state index in [-0.39, 0.29) is 29.9 Å². The van der Waals surface area contributed by atoms with E-state index in [2.05, 4.69) is 5.32 Å². The Balaban J connectivity index is 0.00000128. The molecule has 1 saturated heterocycles. The molecule has 1 aliphatic carbocycles. The van der Waals surface area contributed by atoms with Gasteiger partial charge in [-0.1, -0.05) is 19.3 Å². The molecule has 17 heavy (non-hydrogen) atoms. The Morgan fingerprint density at radius 3 is 2.59 bits per heavy atom. The van der Waals surface area contributed by atoms with Crippen molar-refractivity contribution in [3.63, 3.8) is 0 Å². The van der Waals surface area contributed by atoms with Crippen LogP contribution in [0.1, 0.15) is 39.0 Å². The summed E-state index contributed by atoms with van der Waals surface area (Å²) < 4.78 is 5.06. The fraction of sp³-hybridized carbons (Fsp3) is 0.917. The number of esters is 1. The van der Waals surface area contributed by atoms with Crippen molar-refractivity contribution in [3.8, 4) is 0 Å². The van der Waals surface area contributed by atoms with Crippen molar-refractivity contribution in [2.24, 2.45) is 11.8 Å². The van der Waals surface area contributed by atoms with E-state index in [1.165, 1.54) is 25.7 Å². The average Bonchev–Trinajstić information content (AvgIpc) is 2.29. The Bertz CT molecular complexity index is 238. The third-order valence-electron chi connectivity index (χ3n) is 3.80. The zero-order valence-corrected chi connectivity index (χ0v) is 11.2. The van der Waals surface area contributed by atoms with Crippen molar-refractivity contribution in [2.45, 2.75) is 45.1 Å². The molecule has 3 atom stereocenters.